The van der Waals surface area contributed by atoms with Gasteiger partial charge in [0.15, 0.2) is 5.11 Å². The van der Waals surface area contributed by atoms with Crippen molar-refractivity contribution in [1.29, 1.82) is 0 Å². The minimum Gasteiger partial charge on any atom is -0.342 e. The fourth-order valence-electron chi connectivity index (χ4n) is 3.37. The van der Waals surface area contributed by atoms with E-state index in [1.165, 1.54) is 0 Å². The third kappa shape index (κ3) is 5.55. The van der Waals surface area contributed by atoms with Gasteiger partial charge in [-0.15, -0.1) is 11.8 Å². The smallest absolute Gasteiger partial charge is 0.215 e. The molecule has 0 radical (unpaired) electrons. The van der Waals surface area contributed by atoms with Gasteiger partial charge in [0, 0.05) is 39.3 Å². The number of halogens is 2. The Bertz CT molecular complexity index is 1070. The Labute approximate surface area is 205 Å². The van der Waals surface area contributed by atoms with E-state index in [-0.39, 0.29) is 6.10 Å². The maximum atomic E-state index is 6.52. The minimum absolute atomic E-state index is 0.123. The topological polar surface area (TPSA) is 86.4 Å². The van der Waals surface area contributed by atoms with Crippen LogP contribution in [0, 0.1) is 0 Å². The Hall–Kier alpha value is -1.85. The number of nitrogens with two attached hydrogens (primary N) is 1. The maximum absolute atomic E-state index is 6.52. The Balaban J connectivity index is 1.45. The van der Waals surface area contributed by atoms with Gasteiger partial charge < -0.3 is 24.8 Å². The fraction of sp³-hybridized carbons (Fsp3) is 0.238. The van der Waals surface area contributed by atoms with Crippen molar-refractivity contribution in [3.63, 3.8) is 0 Å². The lowest BCUT2D eigenvalue weighted by Crippen LogP contribution is -2.34. The van der Waals surface area contributed by atoms with Crippen LogP contribution in [0.25, 0.3) is 0 Å². The molecule has 1 saturated heterocycles. The van der Waals surface area contributed by atoms with E-state index >= 15 is 0 Å². The van der Waals surface area contributed by atoms with Crippen LogP contribution < -0.4 is 16.6 Å². The van der Waals surface area contributed by atoms with E-state index in [0.717, 1.165) is 16.1 Å². The second kappa shape index (κ2) is 10.4. The molecule has 2 aromatic carbocycles. The molecule has 2 heterocycles. The van der Waals surface area contributed by atoms with Crippen molar-refractivity contribution in [3.8, 4) is 0 Å². The van der Waals surface area contributed by atoms with Gasteiger partial charge in [-0.1, -0.05) is 29.3 Å². The number of imidazole rings is 1. The molecular weight excluding hydrogens is 489 g/mol. The molecule has 0 spiro atoms. The molecule has 0 bridgehead atoms. The molecule has 0 aliphatic carbocycles. The number of ether oxygens (including phenoxy) is 2. The molecule has 3 aromatic rings. The Kier molecular flexibility index (Phi) is 7.57. The third-order valence-electron chi connectivity index (χ3n) is 4.83. The number of thiocarbonyl (C=S) groups is 1. The summed E-state index contributed by atoms with van der Waals surface area (Å²) in [4.78, 5) is 5.22. The molecule has 11 heteroatoms. The van der Waals surface area contributed by atoms with Crippen LogP contribution in [0.3, 0.4) is 0 Å². The quantitative estimate of drug-likeness (QED) is 0.187. The molecule has 1 aliphatic heterocycles. The summed E-state index contributed by atoms with van der Waals surface area (Å²) in [5.41, 5.74) is 3.99. The molecule has 1 fully saturated rings. The minimum atomic E-state index is -1.02. The number of nitrogens with zero attached hydrogens (tertiary/aromatic N) is 2. The number of hydrogen-bond donors (Lipinski definition) is 3. The monoisotopic (exact) mass is 509 g/mol. The van der Waals surface area contributed by atoms with Crippen LogP contribution in [-0.2, 0) is 21.8 Å². The van der Waals surface area contributed by atoms with Crippen molar-refractivity contribution in [3.05, 3.63) is 76.8 Å². The largest absolute Gasteiger partial charge is 0.342 e. The van der Waals surface area contributed by atoms with Crippen LogP contribution in [0.4, 0.5) is 5.69 Å². The molecule has 168 valence electrons. The first-order valence-electron chi connectivity index (χ1n) is 9.71. The second-order valence-corrected chi connectivity index (χ2v) is 9.44. The summed E-state index contributed by atoms with van der Waals surface area (Å²) in [5.74, 6) is 4.98. The van der Waals surface area contributed by atoms with E-state index in [1.807, 2.05) is 41.1 Å². The van der Waals surface area contributed by atoms with Crippen molar-refractivity contribution in [1.82, 2.24) is 15.0 Å². The van der Waals surface area contributed by atoms with Crippen molar-refractivity contribution in [2.75, 3.05) is 17.7 Å². The molecule has 2 atom stereocenters. The number of nitrogens with one attached hydrogen (secondary N) is 2. The highest BCUT2D eigenvalue weighted by atomic mass is 35.5. The SMILES string of the molecule is NNC(=S)Nc1ccc(SC[C@@H]2CO[C@@](Cn3ccnc3)(c3ccc(Cl)cc3Cl)O2)cc1. The van der Waals surface area contributed by atoms with Gasteiger partial charge in [0.05, 0.1) is 30.6 Å². The van der Waals surface area contributed by atoms with Crippen LogP contribution in [0.2, 0.25) is 10.0 Å². The zero-order chi connectivity index (χ0) is 22.6. The Morgan fingerprint density at radius 1 is 1.28 bits per heavy atom. The summed E-state index contributed by atoms with van der Waals surface area (Å²) in [6.07, 6.45) is 5.18. The highest BCUT2D eigenvalue weighted by molar-refractivity contribution is 7.99. The van der Waals surface area contributed by atoms with E-state index in [2.05, 4.69) is 15.7 Å². The highest BCUT2D eigenvalue weighted by Crippen LogP contribution is 2.41. The van der Waals surface area contributed by atoms with Crippen molar-refractivity contribution in [2.24, 2.45) is 5.84 Å². The molecule has 0 amide bonds. The lowest BCUT2D eigenvalue weighted by molar-refractivity contribution is -0.184. The van der Waals surface area contributed by atoms with Crippen molar-refractivity contribution in [2.45, 2.75) is 23.3 Å². The van der Waals surface area contributed by atoms with Gasteiger partial charge in [-0.05, 0) is 48.6 Å². The molecule has 1 aliphatic rings. The molecule has 4 N–H and O–H groups in total. The van der Waals surface area contributed by atoms with Gasteiger partial charge in [-0.3, -0.25) is 0 Å². The predicted molar refractivity (Wildman–Crippen MR) is 132 cm³/mol. The van der Waals surface area contributed by atoms with E-state index in [4.69, 9.17) is 50.7 Å². The number of anilines is 1. The van der Waals surface area contributed by atoms with Gasteiger partial charge in [0.2, 0.25) is 5.79 Å². The van der Waals surface area contributed by atoms with E-state index in [1.54, 1.807) is 36.4 Å². The average Bonchev–Trinajstić information content (AvgIpc) is 3.44. The summed E-state index contributed by atoms with van der Waals surface area (Å²) in [6.45, 7) is 0.863. The molecular formula is C21H21Cl2N5O2S2. The summed E-state index contributed by atoms with van der Waals surface area (Å²) in [7, 11) is 0. The van der Waals surface area contributed by atoms with Crippen LogP contribution in [0.1, 0.15) is 5.56 Å². The normalized spacial score (nSPS) is 20.3. The summed E-state index contributed by atoms with van der Waals surface area (Å²) < 4.78 is 14.6. The van der Waals surface area contributed by atoms with Gasteiger partial charge >= 0.3 is 0 Å². The van der Waals surface area contributed by atoms with Gasteiger partial charge in [-0.25, -0.2) is 10.8 Å². The zero-order valence-electron chi connectivity index (χ0n) is 16.8. The summed E-state index contributed by atoms with van der Waals surface area (Å²) in [6, 6.07) is 13.2. The number of hydrazine groups is 1. The highest BCUT2D eigenvalue weighted by Gasteiger charge is 2.45. The van der Waals surface area contributed by atoms with Crippen LogP contribution in [-0.4, -0.2) is 33.1 Å². The number of hydrogen-bond acceptors (Lipinski definition) is 6. The summed E-state index contributed by atoms with van der Waals surface area (Å²) in [5, 5.41) is 4.40. The lowest BCUT2D eigenvalue weighted by atomic mass is 10.1. The van der Waals surface area contributed by atoms with E-state index in [9.17, 15) is 0 Å². The average molecular weight is 510 g/mol. The van der Waals surface area contributed by atoms with Crippen molar-refractivity contribution < 1.29 is 9.47 Å². The Morgan fingerprint density at radius 3 is 2.78 bits per heavy atom. The lowest BCUT2D eigenvalue weighted by Gasteiger charge is -2.30. The molecule has 4 rings (SSSR count). The third-order valence-corrected chi connectivity index (χ3v) is 6.74. The van der Waals surface area contributed by atoms with Crippen molar-refractivity contribution >= 4 is 58.0 Å². The van der Waals surface area contributed by atoms with Crippen LogP contribution in [0.15, 0.2) is 66.1 Å². The molecule has 1 aromatic heterocycles. The standard InChI is InChI=1S/C21H21Cl2N5O2S2/c22-14-1-6-18(19(23)9-14)21(12-28-8-7-25-13-28)29-10-16(30-21)11-32-17-4-2-15(3-5-17)26-20(31)27-24/h1-9,13,16H,10-12,24H2,(H2,26,27,31)/t16-,21+/m0/s1. The predicted octanol–water partition coefficient (Wildman–Crippen LogP) is 4.41. The zero-order valence-corrected chi connectivity index (χ0v) is 20.0. The summed E-state index contributed by atoms with van der Waals surface area (Å²) >= 11 is 19.3. The molecule has 0 saturated carbocycles. The van der Waals surface area contributed by atoms with Crippen LogP contribution >= 0.6 is 47.2 Å². The van der Waals surface area contributed by atoms with Gasteiger partial charge in [0.25, 0.3) is 0 Å². The fourth-order valence-corrected chi connectivity index (χ4v) is 4.91. The molecule has 32 heavy (non-hydrogen) atoms. The number of thioether (sulfide) groups is 1. The van der Waals surface area contributed by atoms with Gasteiger partial charge in [0.1, 0.15) is 0 Å². The maximum Gasteiger partial charge on any atom is 0.215 e. The first-order valence-corrected chi connectivity index (χ1v) is 11.9. The first-order chi connectivity index (χ1) is 15.5. The number of aromatic nitrogens is 2. The second-order valence-electron chi connectivity index (χ2n) is 7.10. The molecule has 7 nitrogen and oxygen atoms in total. The van der Waals surface area contributed by atoms with Crippen LogP contribution in [0.5, 0.6) is 0 Å². The molecule has 0 unspecified atom stereocenters. The number of rotatable bonds is 7. The Morgan fingerprint density at radius 2 is 2.09 bits per heavy atom. The number of benzene rings is 2. The van der Waals surface area contributed by atoms with E-state index in [0.29, 0.717) is 34.1 Å². The van der Waals surface area contributed by atoms with E-state index < -0.39 is 5.79 Å². The van der Waals surface area contributed by atoms with Gasteiger partial charge in [-0.2, -0.15) is 0 Å². The first kappa shape index (κ1) is 23.3.